The van der Waals surface area contributed by atoms with Crippen LogP contribution in [0, 0.1) is 0 Å². The van der Waals surface area contributed by atoms with Gasteiger partial charge in [0.15, 0.2) is 0 Å². The first-order valence-corrected chi connectivity index (χ1v) is 5.92. The lowest BCUT2D eigenvalue weighted by Gasteiger charge is -2.16. The monoisotopic (exact) mass is 271 g/mol. The molecule has 0 radical (unpaired) electrons. The summed E-state index contributed by atoms with van der Waals surface area (Å²) >= 11 is 0. The lowest BCUT2D eigenvalue weighted by molar-refractivity contribution is 0.0688. The van der Waals surface area contributed by atoms with Crippen LogP contribution >= 0.6 is 0 Å². The molecule has 0 bridgehead atoms. The van der Waals surface area contributed by atoms with Crippen LogP contribution < -0.4 is 0 Å². The Morgan fingerprint density at radius 3 is 2.55 bits per heavy atom. The normalized spacial score (nSPS) is 10.1. The summed E-state index contributed by atoms with van der Waals surface area (Å²) in [4.78, 5) is 32.2. The smallest absolute Gasteiger partial charge is 0.354 e. The van der Waals surface area contributed by atoms with Gasteiger partial charge in [0.25, 0.3) is 5.91 Å². The zero-order valence-corrected chi connectivity index (χ0v) is 10.9. The van der Waals surface area contributed by atoms with Crippen molar-refractivity contribution in [2.45, 2.75) is 6.54 Å². The molecular formula is C14H13N3O3. The average Bonchev–Trinajstić information content (AvgIpc) is 2.47. The molecule has 0 aromatic carbocycles. The highest BCUT2D eigenvalue weighted by Gasteiger charge is 2.14. The maximum Gasteiger partial charge on any atom is 0.354 e. The Balaban J connectivity index is 2.08. The zero-order valence-electron chi connectivity index (χ0n) is 10.9. The van der Waals surface area contributed by atoms with E-state index in [1.807, 2.05) is 12.1 Å². The predicted octanol–water partition coefficient (Wildman–Crippen LogP) is 1.45. The van der Waals surface area contributed by atoms with Gasteiger partial charge in [-0.15, -0.1) is 0 Å². The van der Waals surface area contributed by atoms with Gasteiger partial charge in [0.05, 0.1) is 17.8 Å². The van der Waals surface area contributed by atoms with E-state index in [1.165, 1.54) is 23.2 Å². The van der Waals surface area contributed by atoms with Crippen molar-refractivity contribution in [1.82, 2.24) is 14.9 Å². The van der Waals surface area contributed by atoms with E-state index in [2.05, 4.69) is 9.97 Å². The number of pyridine rings is 2. The van der Waals surface area contributed by atoms with Gasteiger partial charge in [0.2, 0.25) is 0 Å². The molecule has 2 aromatic rings. The van der Waals surface area contributed by atoms with Crippen molar-refractivity contribution in [2.75, 3.05) is 7.05 Å². The zero-order chi connectivity index (χ0) is 14.5. The molecule has 20 heavy (non-hydrogen) atoms. The first-order valence-electron chi connectivity index (χ1n) is 5.92. The molecule has 2 rings (SSSR count). The minimum absolute atomic E-state index is 0.0890. The SMILES string of the molecule is CN(Cc1ccccn1)C(=O)c1ccc(C(=O)O)nc1. The Morgan fingerprint density at radius 2 is 2.00 bits per heavy atom. The number of hydrogen-bond acceptors (Lipinski definition) is 4. The second-order valence-electron chi connectivity index (χ2n) is 4.22. The molecule has 0 aliphatic carbocycles. The highest BCUT2D eigenvalue weighted by Crippen LogP contribution is 2.07. The molecule has 102 valence electrons. The number of hydrogen-bond donors (Lipinski definition) is 1. The lowest BCUT2D eigenvalue weighted by atomic mass is 10.2. The summed E-state index contributed by atoms with van der Waals surface area (Å²) in [6.07, 6.45) is 2.93. The topological polar surface area (TPSA) is 83.4 Å². The van der Waals surface area contributed by atoms with E-state index < -0.39 is 5.97 Å². The largest absolute Gasteiger partial charge is 0.477 e. The fraction of sp³-hybridized carbons (Fsp3) is 0.143. The quantitative estimate of drug-likeness (QED) is 0.909. The van der Waals surface area contributed by atoms with Crippen molar-refractivity contribution >= 4 is 11.9 Å². The summed E-state index contributed by atoms with van der Waals surface area (Å²) < 4.78 is 0. The van der Waals surface area contributed by atoms with E-state index >= 15 is 0 Å². The molecule has 2 aromatic heterocycles. The number of carbonyl (C=O) groups excluding carboxylic acids is 1. The summed E-state index contributed by atoms with van der Waals surface area (Å²) in [6.45, 7) is 0.375. The van der Waals surface area contributed by atoms with E-state index in [-0.39, 0.29) is 11.6 Å². The molecule has 0 fully saturated rings. The Labute approximate surface area is 115 Å². The number of nitrogens with zero attached hydrogens (tertiary/aromatic N) is 3. The summed E-state index contributed by atoms with van der Waals surface area (Å²) in [5.74, 6) is -1.36. The highest BCUT2D eigenvalue weighted by atomic mass is 16.4. The maximum absolute atomic E-state index is 12.1. The molecule has 0 aliphatic rings. The van der Waals surface area contributed by atoms with Gasteiger partial charge in [-0.25, -0.2) is 9.78 Å². The number of aromatic nitrogens is 2. The Morgan fingerprint density at radius 1 is 1.20 bits per heavy atom. The maximum atomic E-state index is 12.1. The number of rotatable bonds is 4. The van der Waals surface area contributed by atoms with Gasteiger partial charge >= 0.3 is 5.97 Å². The predicted molar refractivity (Wildman–Crippen MR) is 71.2 cm³/mol. The number of carbonyl (C=O) groups is 2. The van der Waals surface area contributed by atoms with Gasteiger partial charge in [-0.1, -0.05) is 6.07 Å². The lowest BCUT2D eigenvalue weighted by Crippen LogP contribution is -2.26. The van der Waals surface area contributed by atoms with E-state index in [0.717, 1.165) is 5.69 Å². The first kappa shape index (κ1) is 13.7. The van der Waals surface area contributed by atoms with Crippen molar-refractivity contribution in [1.29, 1.82) is 0 Å². The fourth-order valence-electron chi connectivity index (χ4n) is 1.67. The van der Waals surface area contributed by atoms with Crippen molar-refractivity contribution < 1.29 is 14.7 Å². The van der Waals surface area contributed by atoms with Crippen molar-refractivity contribution in [3.8, 4) is 0 Å². The van der Waals surface area contributed by atoms with Crippen LogP contribution in [-0.2, 0) is 6.54 Å². The Bertz CT molecular complexity index is 611. The van der Waals surface area contributed by atoms with Crippen LogP contribution in [0.25, 0.3) is 0 Å². The van der Waals surface area contributed by atoms with Crippen LogP contribution in [0.1, 0.15) is 26.5 Å². The number of carboxylic acid groups (broad SMARTS) is 1. The Hall–Kier alpha value is -2.76. The van der Waals surface area contributed by atoms with Crippen LogP contribution in [0.3, 0.4) is 0 Å². The molecule has 2 heterocycles. The first-order chi connectivity index (χ1) is 9.58. The van der Waals surface area contributed by atoms with Gasteiger partial charge in [-0.05, 0) is 24.3 Å². The molecule has 0 aliphatic heterocycles. The third-order valence-electron chi connectivity index (χ3n) is 2.70. The third kappa shape index (κ3) is 3.17. The van der Waals surface area contributed by atoms with Crippen LogP contribution in [-0.4, -0.2) is 38.9 Å². The standard InChI is InChI=1S/C14H13N3O3/c1-17(9-11-4-2-3-7-15-11)13(18)10-5-6-12(14(19)20)16-8-10/h2-8H,9H2,1H3,(H,19,20). The average molecular weight is 271 g/mol. The van der Waals surface area contributed by atoms with Gasteiger partial charge in [-0.3, -0.25) is 9.78 Å². The summed E-state index contributed by atoms with van der Waals surface area (Å²) in [5.41, 5.74) is 1.03. The van der Waals surface area contributed by atoms with Gasteiger partial charge < -0.3 is 10.0 Å². The molecule has 0 atom stereocenters. The second-order valence-corrected chi connectivity index (χ2v) is 4.22. The van der Waals surface area contributed by atoms with E-state index in [0.29, 0.717) is 12.1 Å². The number of carboxylic acids is 1. The number of aromatic carboxylic acids is 1. The molecule has 0 saturated carbocycles. The van der Waals surface area contributed by atoms with Crippen LogP contribution in [0.15, 0.2) is 42.7 Å². The molecule has 1 amide bonds. The van der Waals surface area contributed by atoms with Crippen LogP contribution in [0.4, 0.5) is 0 Å². The van der Waals surface area contributed by atoms with E-state index in [9.17, 15) is 9.59 Å². The van der Waals surface area contributed by atoms with Crippen molar-refractivity contribution in [2.24, 2.45) is 0 Å². The number of amides is 1. The highest BCUT2D eigenvalue weighted by molar-refractivity contribution is 5.94. The molecule has 0 unspecified atom stereocenters. The molecule has 6 heteroatoms. The molecule has 0 spiro atoms. The summed E-state index contributed by atoms with van der Waals surface area (Å²) in [6, 6.07) is 8.25. The second kappa shape index (κ2) is 5.92. The molecular weight excluding hydrogens is 258 g/mol. The van der Waals surface area contributed by atoms with Crippen molar-refractivity contribution in [3.05, 3.63) is 59.7 Å². The van der Waals surface area contributed by atoms with Crippen molar-refractivity contribution in [3.63, 3.8) is 0 Å². The molecule has 6 nitrogen and oxygen atoms in total. The minimum atomic E-state index is -1.12. The van der Waals surface area contributed by atoms with E-state index in [4.69, 9.17) is 5.11 Å². The molecule has 0 saturated heterocycles. The summed E-state index contributed by atoms with van der Waals surface area (Å²) in [5, 5.41) is 8.75. The Kier molecular flexibility index (Phi) is 4.05. The van der Waals surface area contributed by atoms with Gasteiger partial charge in [0.1, 0.15) is 5.69 Å². The van der Waals surface area contributed by atoms with Crippen LogP contribution in [0.5, 0.6) is 0 Å². The molecule has 1 N–H and O–H groups in total. The van der Waals surface area contributed by atoms with Gasteiger partial charge in [-0.2, -0.15) is 0 Å². The van der Waals surface area contributed by atoms with Crippen LogP contribution in [0.2, 0.25) is 0 Å². The summed E-state index contributed by atoms with van der Waals surface area (Å²) in [7, 11) is 1.65. The third-order valence-corrected chi connectivity index (χ3v) is 2.70. The van der Waals surface area contributed by atoms with E-state index in [1.54, 1.807) is 19.3 Å². The fourth-order valence-corrected chi connectivity index (χ4v) is 1.67. The van der Waals surface area contributed by atoms with Gasteiger partial charge in [0, 0.05) is 19.4 Å². The minimum Gasteiger partial charge on any atom is -0.477 e.